The van der Waals surface area contributed by atoms with Gasteiger partial charge in [0.1, 0.15) is 16.7 Å². The molecule has 1 saturated heterocycles. The maximum absolute atomic E-state index is 4.18. The Morgan fingerprint density at radius 2 is 2.19 bits per heavy atom. The van der Waals surface area contributed by atoms with Crippen molar-refractivity contribution in [1.82, 2.24) is 14.9 Å². The Morgan fingerprint density at radius 1 is 1.44 bits per heavy atom. The van der Waals surface area contributed by atoms with Crippen molar-refractivity contribution in [3.63, 3.8) is 0 Å². The molecule has 0 unspecified atom stereocenters. The van der Waals surface area contributed by atoms with E-state index in [1.165, 1.54) is 25.9 Å². The number of rotatable bonds is 3. The van der Waals surface area contributed by atoms with Crippen molar-refractivity contribution < 1.29 is 0 Å². The standard InChI is InChI=1S/C11H17BrN4/c1-16-4-2-9(3-5-16)7-13-11-6-10(12)14-8-15-11/h6,8-9H,2-5,7H2,1H3,(H,13,14,15). The van der Waals surface area contributed by atoms with E-state index in [1.807, 2.05) is 6.07 Å². The summed E-state index contributed by atoms with van der Waals surface area (Å²) in [5.74, 6) is 1.67. The van der Waals surface area contributed by atoms with Gasteiger partial charge in [-0.1, -0.05) is 0 Å². The number of nitrogens with one attached hydrogen (secondary N) is 1. The van der Waals surface area contributed by atoms with Crippen LogP contribution in [0, 0.1) is 5.92 Å². The number of piperidine rings is 1. The van der Waals surface area contributed by atoms with Gasteiger partial charge in [0.15, 0.2) is 0 Å². The number of halogens is 1. The maximum atomic E-state index is 4.18. The Balaban J connectivity index is 1.79. The predicted octanol–water partition coefficient (Wildman–Crippen LogP) is 1.99. The Hall–Kier alpha value is -0.680. The molecule has 2 rings (SSSR count). The monoisotopic (exact) mass is 284 g/mol. The minimum absolute atomic E-state index is 0.768. The summed E-state index contributed by atoms with van der Waals surface area (Å²) in [4.78, 5) is 10.6. The molecule has 0 aliphatic carbocycles. The Labute approximate surface area is 105 Å². The van der Waals surface area contributed by atoms with Gasteiger partial charge in [0.2, 0.25) is 0 Å². The van der Waals surface area contributed by atoms with Crippen LogP contribution in [0.1, 0.15) is 12.8 Å². The molecule has 0 bridgehead atoms. The zero-order valence-corrected chi connectivity index (χ0v) is 11.1. The van der Waals surface area contributed by atoms with Crippen molar-refractivity contribution in [3.05, 3.63) is 17.0 Å². The lowest BCUT2D eigenvalue weighted by Crippen LogP contribution is -2.33. The second-order valence-electron chi connectivity index (χ2n) is 4.35. The average Bonchev–Trinajstić information content (AvgIpc) is 2.28. The number of hydrogen-bond acceptors (Lipinski definition) is 4. The van der Waals surface area contributed by atoms with Crippen LogP contribution in [-0.4, -0.2) is 41.5 Å². The van der Waals surface area contributed by atoms with E-state index in [0.717, 1.165) is 22.9 Å². The summed E-state index contributed by atoms with van der Waals surface area (Å²) in [5, 5.41) is 3.37. The Morgan fingerprint density at radius 3 is 2.88 bits per heavy atom. The predicted molar refractivity (Wildman–Crippen MR) is 68.4 cm³/mol. The lowest BCUT2D eigenvalue weighted by Gasteiger charge is -2.29. The van der Waals surface area contributed by atoms with E-state index in [4.69, 9.17) is 0 Å². The molecule has 4 nitrogen and oxygen atoms in total. The Kier molecular flexibility index (Phi) is 4.12. The molecule has 0 saturated carbocycles. The molecule has 0 radical (unpaired) electrons. The van der Waals surface area contributed by atoms with Gasteiger partial charge in [-0.3, -0.25) is 0 Å². The summed E-state index contributed by atoms with van der Waals surface area (Å²) in [6, 6.07) is 1.91. The summed E-state index contributed by atoms with van der Waals surface area (Å²) in [6.07, 6.45) is 4.12. The van der Waals surface area contributed by atoms with Gasteiger partial charge in [0.05, 0.1) is 0 Å². The first-order valence-electron chi connectivity index (χ1n) is 5.64. The molecule has 1 aliphatic heterocycles. The van der Waals surface area contributed by atoms with E-state index in [2.05, 4.69) is 43.2 Å². The first-order valence-corrected chi connectivity index (χ1v) is 6.43. The van der Waals surface area contributed by atoms with Crippen LogP contribution in [0.25, 0.3) is 0 Å². The second kappa shape index (κ2) is 5.59. The lowest BCUT2D eigenvalue weighted by atomic mass is 9.97. The highest BCUT2D eigenvalue weighted by molar-refractivity contribution is 9.10. The van der Waals surface area contributed by atoms with Crippen LogP contribution in [0.5, 0.6) is 0 Å². The number of likely N-dealkylation sites (tertiary alicyclic amines) is 1. The van der Waals surface area contributed by atoms with Crippen LogP contribution in [0.3, 0.4) is 0 Å². The maximum Gasteiger partial charge on any atom is 0.130 e. The van der Waals surface area contributed by atoms with E-state index < -0.39 is 0 Å². The third-order valence-corrected chi connectivity index (χ3v) is 3.48. The molecule has 0 aromatic carbocycles. The van der Waals surface area contributed by atoms with Gasteiger partial charge in [-0.25, -0.2) is 9.97 Å². The van der Waals surface area contributed by atoms with Crippen LogP contribution in [0.15, 0.2) is 17.0 Å². The van der Waals surface area contributed by atoms with Crippen molar-refractivity contribution in [3.8, 4) is 0 Å². The van der Waals surface area contributed by atoms with Crippen molar-refractivity contribution in [2.45, 2.75) is 12.8 Å². The fraction of sp³-hybridized carbons (Fsp3) is 0.636. The molecular formula is C11H17BrN4. The third kappa shape index (κ3) is 3.42. The van der Waals surface area contributed by atoms with E-state index >= 15 is 0 Å². The molecule has 0 spiro atoms. The Bertz CT molecular complexity index is 337. The van der Waals surface area contributed by atoms with Crippen LogP contribution in [-0.2, 0) is 0 Å². The van der Waals surface area contributed by atoms with Crippen LogP contribution in [0.4, 0.5) is 5.82 Å². The summed E-state index contributed by atoms with van der Waals surface area (Å²) < 4.78 is 0.827. The first-order chi connectivity index (χ1) is 7.74. The summed E-state index contributed by atoms with van der Waals surface area (Å²) >= 11 is 3.34. The van der Waals surface area contributed by atoms with Crippen LogP contribution in [0.2, 0.25) is 0 Å². The van der Waals surface area contributed by atoms with Gasteiger partial charge < -0.3 is 10.2 Å². The van der Waals surface area contributed by atoms with Gasteiger partial charge in [-0.2, -0.15) is 0 Å². The molecular weight excluding hydrogens is 268 g/mol. The summed E-state index contributed by atoms with van der Waals surface area (Å²) in [7, 11) is 2.19. The number of aromatic nitrogens is 2. The molecule has 88 valence electrons. The minimum atomic E-state index is 0.768. The number of anilines is 1. The highest BCUT2D eigenvalue weighted by Gasteiger charge is 2.16. The second-order valence-corrected chi connectivity index (χ2v) is 5.17. The number of nitrogens with zero attached hydrogens (tertiary/aromatic N) is 3. The normalized spacial score (nSPS) is 18.6. The van der Waals surface area contributed by atoms with Gasteiger partial charge >= 0.3 is 0 Å². The van der Waals surface area contributed by atoms with Gasteiger partial charge in [-0.15, -0.1) is 0 Å². The van der Waals surface area contributed by atoms with Crippen molar-refractivity contribution in [2.24, 2.45) is 5.92 Å². The fourth-order valence-corrected chi connectivity index (χ4v) is 2.25. The lowest BCUT2D eigenvalue weighted by molar-refractivity contribution is 0.226. The molecule has 5 heteroatoms. The first kappa shape index (κ1) is 11.8. The molecule has 0 atom stereocenters. The van der Waals surface area contributed by atoms with Gasteiger partial charge in [0, 0.05) is 12.6 Å². The third-order valence-electron chi connectivity index (χ3n) is 3.04. The van der Waals surface area contributed by atoms with Gasteiger partial charge in [-0.05, 0) is 54.8 Å². The zero-order valence-electron chi connectivity index (χ0n) is 9.49. The van der Waals surface area contributed by atoms with E-state index in [1.54, 1.807) is 6.33 Å². The summed E-state index contributed by atoms with van der Waals surface area (Å²) in [6.45, 7) is 3.43. The zero-order chi connectivity index (χ0) is 11.4. The smallest absolute Gasteiger partial charge is 0.130 e. The van der Waals surface area contributed by atoms with Gasteiger partial charge in [0.25, 0.3) is 0 Å². The highest BCUT2D eigenvalue weighted by atomic mass is 79.9. The molecule has 16 heavy (non-hydrogen) atoms. The largest absolute Gasteiger partial charge is 0.370 e. The summed E-state index contributed by atoms with van der Waals surface area (Å²) in [5.41, 5.74) is 0. The molecule has 2 heterocycles. The van der Waals surface area contributed by atoms with E-state index in [-0.39, 0.29) is 0 Å². The highest BCUT2D eigenvalue weighted by Crippen LogP contribution is 2.17. The van der Waals surface area contributed by atoms with Crippen LogP contribution >= 0.6 is 15.9 Å². The fourth-order valence-electron chi connectivity index (χ4n) is 1.95. The van der Waals surface area contributed by atoms with E-state index in [0.29, 0.717) is 0 Å². The van der Waals surface area contributed by atoms with Crippen molar-refractivity contribution in [1.29, 1.82) is 0 Å². The quantitative estimate of drug-likeness (QED) is 0.862. The molecule has 1 N–H and O–H groups in total. The topological polar surface area (TPSA) is 41.0 Å². The minimum Gasteiger partial charge on any atom is -0.370 e. The van der Waals surface area contributed by atoms with E-state index in [9.17, 15) is 0 Å². The average molecular weight is 285 g/mol. The van der Waals surface area contributed by atoms with Crippen molar-refractivity contribution >= 4 is 21.7 Å². The number of hydrogen-bond donors (Lipinski definition) is 1. The molecule has 0 amide bonds. The van der Waals surface area contributed by atoms with Crippen molar-refractivity contribution in [2.75, 3.05) is 32.0 Å². The molecule has 1 aliphatic rings. The SMILES string of the molecule is CN1CCC(CNc2cc(Br)ncn2)CC1. The molecule has 1 fully saturated rings. The molecule has 1 aromatic rings. The molecule has 1 aromatic heterocycles. The van der Waals surface area contributed by atoms with Crippen LogP contribution < -0.4 is 5.32 Å².